The molecule has 0 fully saturated rings. The van der Waals surface area contributed by atoms with Crippen LogP contribution in [-0.2, 0) is 15.0 Å². The van der Waals surface area contributed by atoms with Crippen molar-refractivity contribution in [2.24, 2.45) is 0 Å². The van der Waals surface area contributed by atoms with Crippen molar-refractivity contribution in [2.75, 3.05) is 13.6 Å². The number of carboxylic acid groups (broad SMARTS) is 1. The van der Waals surface area contributed by atoms with Crippen LogP contribution in [0.5, 0.6) is 0 Å². The predicted molar refractivity (Wildman–Crippen MR) is 73.5 cm³/mol. The lowest BCUT2D eigenvalue weighted by Crippen LogP contribution is -2.40. The zero-order valence-corrected chi connectivity index (χ0v) is 12.8. The Morgan fingerprint density at radius 2 is 2.10 bits per heavy atom. The largest absolute Gasteiger partial charge is 0.481 e. The van der Waals surface area contributed by atoms with E-state index in [4.69, 9.17) is 9.52 Å². The molecule has 0 spiro atoms. The minimum atomic E-state index is -3.73. The van der Waals surface area contributed by atoms with Crippen LogP contribution in [0, 0.1) is 13.8 Å². The molecule has 7 nitrogen and oxygen atoms in total. The summed E-state index contributed by atoms with van der Waals surface area (Å²) < 4.78 is 32.9. The Labute approximate surface area is 118 Å². The van der Waals surface area contributed by atoms with Crippen molar-refractivity contribution in [3.05, 3.63) is 23.2 Å². The van der Waals surface area contributed by atoms with Crippen LogP contribution in [0.1, 0.15) is 36.5 Å². The van der Waals surface area contributed by atoms with Gasteiger partial charge >= 0.3 is 5.97 Å². The molecule has 0 aliphatic rings. The smallest absolute Gasteiger partial charge is 0.304 e. The van der Waals surface area contributed by atoms with Crippen molar-refractivity contribution in [3.8, 4) is 0 Å². The molecule has 0 saturated heterocycles. The molecule has 1 atom stereocenters. The van der Waals surface area contributed by atoms with E-state index in [2.05, 4.69) is 4.72 Å². The quantitative estimate of drug-likeness (QED) is 0.788. The Morgan fingerprint density at radius 3 is 2.55 bits per heavy atom. The maximum atomic E-state index is 12.0. The molecule has 8 heteroatoms. The summed E-state index contributed by atoms with van der Waals surface area (Å²) in [5, 5.41) is 8.57. The van der Waals surface area contributed by atoms with Gasteiger partial charge in [0, 0.05) is 25.2 Å². The van der Waals surface area contributed by atoms with E-state index in [0.29, 0.717) is 11.5 Å². The summed E-state index contributed by atoms with van der Waals surface area (Å²) >= 11 is 0. The number of furan rings is 1. The molecule has 1 aromatic heterocycles. The Bertz CT molecular complexity index is 579. The van der Waals surface area contributed by atoms with Gasteiger partial charge in [-0.25, -0.2) is 0 Å². The Hall–Kier alpha value is -1.38. The molecule has 0 saturated carbocycles. The molecule has 0 aromatic carbocycles. The number of hydrogen-bond acceptors (Lipinski definition) is 4. The molecule has 114 valence electrons. The zero-order valence-electron chi connectivity index (χ0n) is 12.0. The fourth-order valence-electron chi connectivity index (χ4n) is 1.83. The van der Waals surface area contributed by atoms with Crippen LogP contribution in [0.3, 0.4) is 0 Å². The minimum absolute atomic E-state index is 0.0826. The minimum Gasteiger partial charge on any atom is -0.481 e. The highest BCUT2D eigenvalue weighted by Crippen LogP contribution is 2.22. The van der Waals surface area contributed by atoms with Crippen molar-refractivity contribution >= 4 is 16.2 Å². The molecular weight excluding hydrogens is 284 g/mol. The van der Waals surface area contributed by atoms with Crippen LogP contribution in [0.2, 0.25) is 0 Å². The van der Waals surface area contributed by atoms with Crippen molar-refractivity contribution in [1.29, 1.82) is 0 Å². The van der Waals surface area contributed by atoms with Gasteiger partial charge in [-0.15, -0.1) is 0 Å². The summed E-state index contributed by atoms with van der Waals surface area (Å²) in [7, 11) is -2.39. The highest BCUT2D eigenvalue weighted by atomic mass is 32.2. The number of carboxylic acids is 1. The number of nitrogens with one attached hydrogen (secondary N) is 1. The molecule has 1 rings (SSSR count). The summed E-state index contributed by atoms with van der Waals surface area (Å²) in [6.45, 7) is 5.18. The Kier molecular flexibility index (Phi) is 5.32. The zero-order chi connectivity index (χ0) is 15.5. The topological polar surface area (TPSA) is 99.9 Å². The third-order valence-electron chi connectivity index (χ3n) is 2.92. The van der Waals surface area contributed by atoms with Crippen LogP contribution in [0.15, 0.2) is 10.5 Å². The van der Waals surface area contributed by atoms with Crippen molar-refractivity contribution in [2.45, 2.75) is 33.2 Å². The third-order valence-corrected chi connectivity index (χ3v) is 4.58. The monoisotopic (exact) mass is 304 g/mol. The maximum absolute atomic E-state index is 12.0. The molecule has 0 aliphatic heterocycles. The Balaban J connectivity index is 2.75. The van der Waals surface area contributed by atoms with Crippen LogP contribution >= 0.6 is 0 Å². The molecule has 0 bridgehead atoms. The number of aryl methyl sites for hydroxylation is 2. The van der Waals surface area contributed by atoms with E-state index in [1.165, 1.54) is 7.05 Å². The molecule has 0 radical (unpaired) electrons. The van der Waals surface area contributed by atoms with Gasteiger partial charge in [-0.2, -0.15) is 17.4 Å². The van der Waals surface area contributed by atoms with Crippen LogP contribution < -0.4 is 4.72 Å². The summed E-state index contributed by atoms with van der Waals surface area (Å²) in [6.07, 6.45) is -0.240. The van der Waals surface area contributed by atoms with Gasteiger partial charge in [-0.05, 0) is 26.8 Å². The third kappa shape index (κ3) is 4.32. The van der Waals surface area contributed by atoms with E-state index < -0.39 is 22.2 Å². The summed E-state index contributed by atoms with van der Waals surface area (Å²) in [5.41, 5.74) is 0.762. The van der Waals surface area contributed by atoms with Gasteiger partial charge in [0.2, 0.25) is 0 Å². The van der Waals surface area contributed by atoms with Gasteiger partial charge in [-0.3, -0.25) is 4.79 Å². The van der Waals surface area contributed by atoms with Gasteiger partial charge in [0.05, 0.1) is 6.42 Å². The summed E-state index contributed by atoms with van der Waals surface area (Å²) in [5.74, 6) is 0.329. The van der Waals surface area contributed by atoms with Crippen molar-refractivity contribution in [3.63, 3.8) is 0 Å². The van der Waals surface area contributed by atoms with Gasteiger partial charge in [0.25, 0.3) is 10.2 Å². The van der Waals surface area contributed by atoms with E-state index in [1.807, 2.05) is 0 Å². The number of hydrogen-bond donors (Lipinski definition) is 2. The van der Waals surface area contributed by atoms with Gasteiger partial charge in [-0.1, -0.05) is 0 Å². The number of carbonyl (C=O) groups is 1. The lowest BCUT2D eigenvalue weighted by molar-refractivity contribution is -0.137. The lowest BCUT2D eigenvalue weighted by Gasteiger charge is -2.20. The van der Waals surface area contributed by atoms with Crippen LogP contribution in [0.25, 0.3) is 0 Å². The summed E-state index contributed by atoms with van der Waals surface area (Å²) in [4.78, 5) is 10.5. The van der Waals surface area contributed by atoms with Crippen LogP contribution in [-0.4, -0.2) is 37.4 Å². The van der Waals surface area contributed by atoms with E-state index in [-0.39, 0.29) is 13.0 Å². The normalized spacial score (nSPS) is 13.7. The average Bonchev–Trinajstić information content (AvgIpc) is 2.64. The lowest BCUT2D eigenvalue weighted by atomic mass is 10.1. The van der Waals surface area contributed by atoms with Gasteiger partial charge < -0.3 is 9.52 Å². The van der Waals surface area contributed by atoms with Gasteiger partial charge in [0.1, 0.15) is 11.5 Å². The second-order valence-electron chi connectivity index (χ2n) is 4.68. The second kappa shape index (κ2) is 6.38. The highest BCUT2D eigenvalue weighted by Gasteiger charge is 2.23. The van der Waals surface area contributed by atoms with Gasteiger partial charge in [0.15, 0.2) is 0 Å². The first-order chi connectivity index (χ1) is 9.13. The average molecular weight is 304 g/mol. The number of nitrogens with zero attached hydrogens (tertiary/aromatic N) is 1. The van der Waals surface area contributed by atoms with Crippen molar-refractivity contribution in [1.82, 2.24) is 9.03 Å². The molecule has 1 unspecified atom stereocenters. The number of aliphatic carboxylic acids is 1. The first-order valence-corrected chi connectivity index (χ1v) is 7.60. The second-order valence-corrected chi connectivity index (χ2v) is 6.49. The predicted octanol–water partition coefficient (Wildman–Crippen LogP) is 1.20. The van der Waals surface area contributed by atoms with Crippen LogP contribution in [0.4, 0.5) is 0 Å². The van der Waals surface area contributed by atoms with E-state index in [0.717, 1.165) is 9.87 Å². The summed E-state index contributed by atoms with van der Waals surface area (Å²) in [6, 6.07) is 1.32. The molecule has 1 aromatic rings. The molecule has 0 amide bonds. The first kappa shape index (κ1) is 16.7. The SMILES string of the molecule is Cc1cc(C(C)NS(=O)(=O)N(C)CCC(=O)O)c(C)o1. The first-order valence-electron chi connectivity index (χ1n) is 6.16. The Morgan fingerprint density at radius 1 is 1.50 bits per heavy atom. The standard InChI is InChI=1S/C12H20N2O5S/c1-8-7-11(10(3)19-8)9(2)13-20(17,18)14(4)6-5-12(15)16/h7,9,13H,5-6H2,1-4H3,(H,15,16). The molecular formula is C12H20N2O5S. The highest BCUT2D eigenvalue weighted by molar-refractivity contribution is 7.87. The molecule has 0 aliphatic carbocycles. The van der Waals surface area contributed by atoms with E-state index in [9.17, 15) is 13.2 Å². The molecule has 2 N–H and O–H groups in total. The van der Waals surface area contributed by atoms with Crippen molar-refractivity contribution < 1.29 is 22.7 Å². The van der Waals surface area contributed by atoms with E-state index in [1.54, 1.807) is 26.8 Å². The number of rotatable bonds is 7. The molecule has 20 heavy (non-hydrogen) atoms. The fourth-order valence-corrected chi connectivity index (χ4v) is 2.92. The molecule has 1 heterocycles. The maximum Gasteiger partial charge on any atom is 0.304 e. The fraction of sp³-hybridized carbons (Fsp3) is 0.583. The van der Waals surface area contributed by atoms with E-state index >= 15 is 0 Å².